The number of anilines is 1. The summed E-state index contributed by atoms with van der Waals surface area (Å²) in [5.41, 5.74) is 1.69. The third-order valence-electron chi connectivity index (χ3n) is 4.79. The second-order valence-electron chi connectivity index (χ2n) is 6.99. The first-order chi connectivity index (χ1) is 16.4. The second-order valence-corrected chi connectivity index (χ2v) is 7.40. The largest absolute Gasteiger partial charge is 0.493 e. The molecule has 0 saturated carbocycles. The molecule has 8 heteroatoms. The number of allylic oxidation sites excluding steroid dienone is 1. The van der Waals surface area contributed by atoms with Crippen LogP contribution in [0.1, 0.15) is 15.9 Å². The number of carbonyl (C=O) groups excluding carboxylic acids is 2. The molecule has 3 aromatic carbocycles. The molecule has 0 aromatic heterocycles. The van der Waals surface area contributed by atoms with E-state index in [1.165, 1.54) is 27.4 Å². The highest BCUT2D eigenvalue weighted by Crippen LogP contribution is 2.30. The minimum absolute atomic E-state index is 0.198. The molecule has 1 N–H and O–H groups in total. The zero-order valence-electron chi connectivity index (χ0n) is 19.0. The van der Waals surface area contributed by atoms with Crippen molar-refractivity contribution in [2.45, 2.75) is 0 Å². The summed E-state index contributed by atoms with van der Waals surface area (Å²) >= 11 is 6.05. The van der Waals surface area contributed by atoms with Crippen molar-refractivity contribution in [2.24, 2.45) is 0 Å². The molecule has 176 valence electrons. The van der Waals surface area contributed by atoms with Gasteiger partial charge >= 0.3 is 0 Å². The summed E-state index contributed by atoms with van der Waals surface area (Å²) in [5, 5.41) is 3.13. The van der Waals surface area contributed by atoms with Crippen LogP contribution in [0.25, 0.3) is 6.08 Å². The molecule has 0 aliphatic rings. The van der Waals surface area contributed by atoms with Gasteiger partial charge in [0.2, 0.25) is 0 Å². The number of rotatable bonds is 10. The number of ether oxygens (including phenoxy) is 4. The first kappa shape index (κ1) is 24.7. The van der Waals surface area contributed by atoms with Crippen LogP contribution >= 0.6 is 11.6 Å². The Bertz CT molecular complexity index is 1210. The Balaban J connectivity index is 1.65. The van der Waals surface area contributed by atoms with Crippen molar-refractivity contribution < 1.29 is 28.5 Å². The Morgan fingerprint density at radius 2 is 1.53 bits per heavy atom. The maximum Gasteiger partial charge on any atom is 0.262 e. The summed E-state index contributed by atoms with van der Waals surface area (Å²) in [4.78, 5) is 24.8. The Morgan fingerprint density at radius 3 is 2.24 bits per heavy atom. The number of halogens is 1. The molecule has 34 heavy (non-hydrogen) atoms. The van der Waals surface area contributed by atoms with E-state index < -0.39 is 0 Å². The summed E-state index contributed by atoms with van der Waals surface area (Å²) < 4.78 is 21.4. The Morgan fingerprint density at radius 1 is 0.853 bits per heavy atom. The van der Waals surface area contributed by atoms with Crippen LogP contribution in [0.3, 0.4) is 0 Å². The molecule has 0 heterocycles. The van der Waals surface area contributed by atoms with Crippen molar-refractivity contribution >= 4 is 35.1 Å². The fourth-order valence-corrected chi connectivity index (χ4v) is 3.24. The number of carbonyl (C=O) groups is 2. The van der Waals surface area contributed by atoms with E-state index in [-0.39, 0.29) is 18.3 Å². The topological polar surface area (TPSA) is 83.1 Å². The lowest BCUT2D eigenvalue weighted by molar-refractivity contribution is -0.118. The number of hydrogen-bond acceptors (Lipinski definition) is 6. The third-order valence-corrected chi connectivity index (χ3v) is 5.12. The fourth-order valence-electron chi connectivity index (χ4n) is 3.06. The monoisotopic (exact) mass is 481 g/mol. The smallest absolute Gasteiger partial charge is 0.262 e. The van der Waals surface area contributed by atoms with Crippen molar-refractivity contribution in [3.8, 4) is 23.0 Å². The van der Waals surface area contributed by atoms with Gasteiger partial charge in [-0.1, -0.05) is 35.9 Å². The predicted molar refractivity (Wildman–Crippen MR) is 131 cm³/mol. The van der Waals surface area contributed by atoms with Gasteiger partial charge in [0, 0.05) is 5.56 Å². The lowest BCUT2D eigenvalue weighted by atomic mass is 10.1. The van der Waals surface area contributed by atoms with Crippen LogP contribution in [0.5, 0.6) is 23.0 Å². The third kappa shape index (κ3) is 6.30. The Labute approximate surface area is 202 Å². The van der Waals surface area contributed by atoms with Crippen molar-refractivity contribution in [3.05, 3.63) is 82.9 Å². The van der Waals surface area contributed by atoms with E-state index in [4.69, 9.17) is 30.5 Å². The van der Waals surface area contributed by atoms with Gasteiger partial charge < -0.3 is 24.3 Å². The summed E-state index contributed by atoms with van der Waals surface area (Å²) in [6.07, 6.45) is 3.11. The molecule has 0 fully saturated rings. The fraction of sp³-hybridized carbons (Fsp3) is 0.154. The summed E-state index contributed by atoms with van der Waals surface area (Å²) in [6.45, 7) is -0.228. The van der Waals surface area contributed by atoms with Crippen LogP contribution in [-0.4, -0.2) is 39.6 Å². The van der Waals surface area contributed by atoms with Gasteiger partial charge in [0.05, 0.1) is 32.0 Å². The number of benzene rings is 3. The molecule has 3 aromatic rings. The molecule has 0 atom stereocenters. The van der Waals surface area contributed by atoms with E-state index in [2.05, 4.69) is 5.32 Å². The van der Waals surface area contributed by atoms with Crippen LogP contribution in [0.15, 0.2) is 66.7 Å². The molecule has 0 saturated heterocycles. The zero-order chi connectivity index (χ0) is 24.5. The first-order valence-electron chi connectivity index (χ1n) is 10.2. The maximum absolute atomic E-state index is 12.6. The van der Waals surface area contributed by atoms with Crippen LogP contribution in [0.4, 0.5) is 5.69 Å². The molecule has 0 bridgehead atoms. The number of nitrogens with one attached hydrogen (secondary N) is 1. The Hall–Kier alpha value is -3.97. The molecule has 0 unspecified atom stereocenters. The van der Waals surface area contributed by atoms with Gasteiger partial charge in [0.1, 0.15) is 0 Å². The number of hydrogen-bond donors (Lipinski definition) is 1. The highest BCUT2D eigenvalue weighted by atomic mass is 35.5. The van der Waals surface area contributed by atoms with Crippen LogP contribution < -0.4 is 24.3 Å². The number of methoxy groups -OCH3 is 3. The second kappa shape index (κ2) is 11.8. The van der Waals surface area contributed by atoms with E-state index in [0.29, 0.717) is 39.3 Å². The number of para-hydroxylation sites is 1. The Kier molecular flexibility index (Phi) is 8.54. The molecular formula is C26H24ClNO6. The first-order valence-corrected chi connectivity index (χ1v) is 10.6. The van der Waals surface area contributed by atoms with Gasteiger partial charge in [-0.05, 0) is 54.1 Å². The van der Waals surface area contributed by atoms with Crippen molar-refractivity contribution in [3.63, 3.8) is 0 Å². The normalized spacial score (nSPS) is 10.6. The lowest BCUT2D eigenvalue weighted by Gasteiger charge is -2.12. The molecule has 1 amide bonds. The SMILES string of the molecule is COc1ccc(C(=O)/C=C/c2ccc(OCC(=O)Nc3ccccc3Cl)c(OC)c2)cc1OC. The van der Waals surface area contributed by atoms with Crippen LogP contribution in [-0.2, 0) is 4.79 Å². The summed E-state index contributed by atoms with van der Waals surface area (Å²) in [6, 6.07) is 17.0. The van der Waals surface area contributed by atoms with Gasteiger partial charge in [0.25, 0.3) is 5.91 Å². The zero-order valence-corrected chi connectivity index (χ0v) is 19.7. The van der Waals surface area contributed by atoms with Gasteiger partial charge in [-0.2, -0.15) is 0 Å². The number of ketones is 1. The molecule has 0 aliphatic carbocycles. The quantitative estimate of drug-likeness (QED) is 0.313. The standard InChI is InChI=1S/C26H24ClNO6/c1-31-22-13-10-18(15-25(22)33-3)21(29)11-8-17-9-12-23(24(14-17)32-2)34-16-26(30)28-20-7-5-4-6-19(20)27/h4-15H,16H2,1-3H3,(H,28,30)/b11-8+. The molecular weight excluding hydrogens is 458 g/mol. The van der Waals surface area contributed by atoms with E-state index in [0.717, 1.165) is 5.56 Å². The predicted octanol–water partition coefficient (Wildman–Crippen LogP) is 5.28. The number of amides is 1. The molecule has 0 spiro atoms. The minimum Gasteiger partial charge on any atom is -0.493 e. The molecule has 0 aliphatic heterocycles. The van der Waals surface area contributed by atoms with E-state index >= 15 is 0 Å². The molecule has 0 radical (unpaired) electrons. The van der Waals surface area contributed by atoms with E-state index in [1.807, 2.05) is 0 Å². The van der Waals surface area contributed by atoms with Gasteiger partial charge in [0.15, 0.2) is 35.4 Å². The van der Waals surface area contributed by atoms with Crippen LogP contribution in [0, 0.1) is 0 Å². The van der Waals surface area contributed by atoms with Crippen molar-refractivity contribution in [2.75, 3.05) is 33.3 Å². The van der Waals surface area contributed by atoms with E-state index in [9.17, 15) is 9.59 Å². The van der Waals surface area contributed by atoms with Gasteiger partial charge in [-0.15, -0.1) is 0 Å². The molecule has 3 rings (SSSR count). The van der Waals surface area contributed by atoms with Gasteiger partial charge in [-0.3, -0.25) is 9.59 Å². The average molecular weight is 482 g/mol. The van der Waals surface area contributed by atoms with Crippen molar-refractivity contribution in [1.29, 1.82) is 0 Å². The average Bonchev–Trinajstić information content (AvgIpc) is 2.87. The summed E-state index contributed by atoms with van der Waals surface area (Å²) in [7, 11) is 4.54. The maximum atomic E-state index is 12.6. The lowest BCUT2D eigenvalue weighted by Crippen LogP contribution is -2.20. The van der Waals surface area contributed by atoms with Gasteiger partial charge in [-0.25, -0.2) is 0 Å². The summed E-state index contributed by atoms with van der Waals surface area (Å²) in [5.74, 6) is 1.27. The molecule has 7 nitrogen and oxygen atoms in total. The van der Waals surface area contributed by atoms with Crippen LogP contribution in [0.2, 0.25) is 5.02 Å². The highest BCUT2D eigenvalue weighted by molar-refractivity contribution is 6.33. The minimum atomic E-state index is -0.361. The van der Waals surface area contributed by atoms with Crippen molar-refractivity contribution in [1.82, 2.24) is 0 Å². The van der Waals surface area contributed by atoms with E-state index in [1.54, 1.807) is 66.7 Å². The highest BCUT2D eigenvalue weighted by Gasteiger charge is 2.11.